The number of benzene rings is 1. The molecule has 26 heavy (non-hydrogen) atoms. The standard InChI is InChI=1S/C19H20N2O4S/c1-3-9-25-13-7-5-12(6-8-13)14-10-26-17-16(14)18(22)21(11-20-17)15(4-2)19(23)24/h5-8,10-11,15H,3-4,9H2,1-2H3,(H,23,24)/p-1/t15-/m0/s1. The highest BCUT2D eigenvalue weighted by molar-refractivity contribution is 7.17. The van der Waals surface area contributed by atoms with E-state index in [4.69, 9.17) is 4.74 Å². The zero-order valence-corrected chi connectivity index (χ0v) is 15.4. The lowest BCUT2D eigenvalue weighted by Crippen LogP contribution is -2.37. The van der Waals surface area contributed by atoms with Crippen LogP contribution in [0.15, 0.2) is 40.8 Å². The average molecular weight is 371 g/mol. The molecule has 6 nitrogen and oxygen atoms in total. The number of rotatable bonds is 7. The second kappa shape index (κ2) is 7.70. The Hall–Kier alpha value is -2.67. The van der Waals surface area contributed by atoms with E-state index in [2.05, 4.69) is 4.98 Å². The Morgan fingerprint density at radius 1 is 1.31 bits per heavy atom. The summed E-state index contributed by atoms with van der Waals surface area (Å²) in [6.07, 6.45) is 2.47. The summed E-state index contributed by atoms with van der Waals surface area (Å²) in [5.74, 6) is -0.515. The zero-order valence-electron chi connectivity index (χ0n) is 14.6. The van der Waals surface area contributed by atoms with Crippen molar-refractivity contribution < 1.29 is 14.6 Å². The molecule has 0 unspecified atom stereocenters. The molecule has 0 aliphatic heterocycles. The Balaban J connectivity index is 2.07. The summed E-state index contributed by atoms with van der Waals surface area (Å²) >= 11 is 1.36. The summed E-state index contributed by atoms with van der Waals surface area (Å²) < 4.78 is 6.73. The number of carboxylic acids is 1. The quantitative estimate of drug-likeness (QED) is 0.637. The number of carbonyl (C=O) groups is 1. The Bertz CT molecular complexity index is 975. The summed E-state index contributed by atoms with van der Waals surface area (Å²) in [6.45, 7) is 4.39. The second-order valence-corrected chi connectivity index (χ2v) is 6.76. The van der Waals surface area contributed by atoms with Gasteiger partial charge < -0.3 is 14.6 Å². The Morgan fingerprint density at radius 3 is 2.65 bits per heavy atom. The van der Waals surface area contributed by atoms with Crippen LogP contribution in [0.25, 0.3) is 21.3 Å². The number of aliphatic carboxylic acids is 1. The molecule has 0 saturated carbocycles. The Labute approximate surface area is 154 Å². The third-order valence-corrected chi connectivity index (χ3v) is 5.04. The molecule has 3 rings (SSSR count). The van der Waals surface area contributed by atoms with E-state index >= 15 is 0 Å². The maximum absolute atomic E-state index is 12.9. The van der Waals surface area contributed by atoms with E-state index in [0.29, 0.717) is 16.8 Å². The van der Waals surface area contributed by atoms with Gasteiger partial charge in [-0.15, -0.1) is 11.3 Å². The van der Waals surface area contributed by atoms with Gasteiger partial charge in [-0.3, -0.25) is 9.36 Å². The highest BCUT2D eigenvalue weighted by atomic mass is 32.1. The van der Waals surface area contributed by atoms with E-state index in [-0.39, 0.29) is 12.0 Å². The lowest BCUT2D eigenvalue weighted by Gasteiger charge is -2.18. The topological polar surface area (TPSA) is 84.2 Å². The van der Waals surface area contributed by atoms with Gasteiger partial charge in [-0.25, -0.2) is 4.98 Å². The molecule has 0 saturated heterocycles. The summed E-state index contributed by atoms with van der Waals surface area (Å²) in [5, 5.41) is 13.6. The van der Waals surface area contributed by atoms with E-state index in [1.165, 1.54) is 17.7 Å². The monoisotopic (exact) mass is 371 g/mol. The predicted octanol–water partition coefficient (Wildman–Crippen LogP) is 2.61. The van der Waals surface area contributed by atoms with Crippen LogP contribution in [-0.4, -0.2) is 22.1 Å². The van der Waals surface area contributed by atoms with Crippen LogP contribution in [0.2, 0.25) is 0 Å². The van der Waals surface area contributed by atoms with Crippen LogP contribution in [0.5, 0.6) is 5.75 Å². The molecule has 0 spiro atoms. The molecule has 0 radical (unpaired) electrons. The van der Waals surface area contributed by atoms with Gasteiger partial charge in [0, 0.05) is 10.9 Å². The van der Waals surface area contributed by atoms with E-state index in [9.17, 15) is 14.7 Å². The van der Waals surface area contributed by atoms with Gasteiger partial charge in [-0.05, 0) is 30.5 Å². The van der Waals surface area contributed by atoms with Crippen molar-refractivity contribution in [2.45, 2.75) is 32.7 Å². The average Bonchev–Trinajstić information content (AvgIpc) is 3.07. The summed E-state index contributed by atoms with van der Waals surface area (Å²) in [7, 11) is 0. The lowest BCUT2D eigenvalue weighted by atomic mass is 10.1. The summed E-state index contributed by atoms with van der Waals surface area (Å²) in [5.41, 5.74) is 1.24. The van der Waals surface area contributed by atoms with E-state index in [1.807, 2.05) is 36.6 Å². The molecule has 3 aromatic rings. The number of nitrogens with zero attached hydrogens (tertiary/aromatic N) is 2. The van der Waals surface area contributed by atoms with Gasteiger partial charge in [-0.2, -0.15) is 0 Å². The molecule has 1 aromatic carbocycles. The molecule has 7 heteroatoms. The van der Waals surface area contributed by atoms with Crippen molar-refractivity contribution in [1.29, 1.82) is 0 Å². The fraction of sp³-hybridized carbons (Fsp3) is 0.316. The number of ether oxygens (including phenoxy) is 1. The van der Waals surface area contributed by atoms with E-state index in [1.54, 1.807) is 6.92 Å². The Kier molecular flexibility index (Phi) is 5.37. The first-order valence-corrected chi connectivity index (χ1v) is 9.37. The number of hydrogen-bond donors (Lipinski definition) is 0. The molecule has 2 heterocycles. The third-order valence-electron chi connectivity index (χ3n) is 4.15. The molecular formula is C19H19N2O4S-. The first-order valence-electron chi connectivity index (χ1n) is 8.49. The molecule has 1 atom stereocenters. The maximum Gasteiger partial charge on any atom is 0.263 e. The third kappa shape index (κ3) is 3.35. The number of carboxylic acid groups (broad SMARTS) is 1. The van der Waals surface area contributed by atoms with Crippen molar-refractivity contribution in [2.75, 3.05) is 6.61 Å². The molecule has 2 aromatic heterocycles. The van der Waals surface area contributed by atoms with Crippen LogP contribution in [-0.2, 0) is 4.79 Å². The molecular weight excluding hydrogens is 352 g/mol. The minimum atomic E-state index is -1.29. The van der Waals surface area contributed by atoms with Crippen molar-refractivity contribution >= 4 is 27.5 Å². The van der Waals surface area contributed by atoms with Crippen LogP contribution in [0, 0.1) is 0 Å². The van der Waals surface area contributed by atoms with Gasteiger partial charge in [0.25, 0.3) is 5.56 Å². The first-order chi connectivity index (χ1) is 12.6. The predicted molar refractivity (Wildman–Crippen MR) is 99.4 cm³/mol. The highest BCUT2D eigenvalue weighted by Crippen LogP contribution is 2.32. The van der Waals surface area contributed by atoms with Crippen molar-refractivity contribution in [1.82, 2.24) is 9.55 Å². The van der Waals surface area contributed by atoms with Crippen LogP contribution < -0.4 is 15.4 Å². The molecule has 0 bridgehead atoms. The lowest BCUT2D eigenvalue weighted by molar-refractivity contribution is -0.310. The van der Waals surface area contributed by atoms with Crippen LogP contribution >= 0.6 is 11.3 Å². The summed E-state index contributed by atoms with van der Waals surface area (Å²) in [4.78, 5) is 29.1. The number of fused-ring (bicyclic) bond motifs is 1. The van der Waals surface area contributed by atoms with Gasteiger partial charge in [0.2, 0.25) is 0 Å². The van der Waals surface area contributed by atoms with Gasteiger partial charge in [-0.1, -0.05) is 26.0 Å². The molecule has 0 aliphatic carbocycles. The maximum atomic E-state index is 12.9. The number of thiophene rings is 1. The molecule has 0 fully saturated rings. The van der Waals surface area contributed by atoms with E-state index in [0.717, 1.165) is 27.9 Å². The van der Waals surface area contributed by atoms with Crippen molar-refractivity contribution in [3.05, 3.63) is 46.3 Å². The fourth-order valence-corrected chi connectivity index (χ4v) is 3.71. The van der Waals surface area contributed by atoms with Crippen molar-refractivity contribution in [3.8, 4) is 16.9 Å². The minimum Gasteiger partial charge on any atom is -0.548 e. The van der Waals surface area contributed by atoms with Crippen LogP contribution in [0.3, 0.4) is 0 Å². The van der Waals surface area contributed by atoms with Crippen molar-refractivity contribution in [2.24, 2.45) is 0 Å². The fourth-order valence-electron chi connectivity index (χ4n) is 2.81. The molecule has 0 N–H and O–H groups in total. The number of carbonyl (C=O) groups excluding carboxylic acids is 1. The first kappa shape index (κ1) is 18.1. The summed E-state index contributed by atoms with van der Waals surface area (Å²) in [6, 6.07) is 6.47. The minimum absolute atomic E-state index is 0.248. The van der Waals surface area contributed by atoms with Gasteiger partial charge in [0.05, 0.1) is 30.3 Å². The molecule has 0 aliphatic rings. The number of aromatic nitrogens is 2. The smallest absolute Gasteiger partial charge is 0.263 e. The van der Waals surface area contributed by atoms with Crippen LogP contribution in [0.1, 0.15) is 32.7 Å². The zero-order chi connectivity index (χ0) is 18.7. The van der Waals surface area contributed by atoms with E-state index < -0.39 is 12.0 Å². The van der Waals surface area contributed by atoms with Gasteiger partial charge in [0.15, 0.2) is 0 Å². The van der Waals surface area contributed by atoms with Crippen LogP contribution in [0.4, 0.5) is 0 Å². The number of hydrogen-bond acceptors (Lipinski definition) is 6. The largest absolute Gasteiger partial charge is 0.548 e. The Morgan fingerprint density at radius 2 is 2.04 bits per heavy atom. The second-order valence-electron chi connectivity index (χ2n) is 5.90. The highest BCUT2D eigenvalue weighted by Gasteiger charge is 2.18. The SMILES string of the molecule is CCCOc1ccc(-c2csc3ncn([C@@H](CC)C(=O)[O-])c(=O)c23)cc1. The normalized spacial score (nSPS) is 12.2. The van der Waals surface area contributed by atoms with Crippen molar-refractivity contribution in [3.63, 3.8) is 0 Å². The van der Waals surface area contributed by atoms with Gasteiger partial charge >= 0.3 is 0 Å². The molecule has 136 valence electrons. The molecule has 0 amide bonds. The van der Waals surface area contributed by atoms with Gasteiger partial charge in [0.1, 0.15) is 10.6 Å².